The van der Waals surface area contributed by atoms with Crippen LogP contribution in [0.5, 0.6) is 0 Å². The molecule has 19 heavy (non-hydrogen) atoms. The molecule has 1 saturated heterocycles. The Morgan fingerprint density at radius 2 is 2.26 bits per heavy atom. The number of amides is 1. The zero-order valence-electron chi connectivity index (χ0n) is 11.9. The van der Waals surface area contributed by atoms with Crippen molar-refractivity contribution in [3.05, 3.63) is 23.9 Å². The Labute approximate surface area is 114 Å². The van der Waals surface area contributed by atoms with Gasteiger partial charge in [0.1, 0.15) is 5.82 Å². The van der Waals surface area contributed by atoms with E-state index in [2.05, 4.69) is 35.8 Å². The maximum Gasteiger partial charge on any atom is 0.248 e. The van der Waals surface area contributed by atoms with Gasteiger partial charge in [0.2, 0.25) is 5.91 Å². The number of nitrogens with zero attached hydrogens (tertiary/aromatic N) is 3. The van der Waals surface area contributed by atoms with Crippen molar-refractivity contribution in [2.24, 2.45) is 5.73 Å². The normalized spacial score (nSPS) is 23.7. The summed E-state index contributed by atoms with van der Waals surface area (Å²) in [6.07, 6.45) is 3.94. The Bertz CT molecular complexity index is 474. The lowest BCUT2D eigenvalue weighted by molar-refractivity contribution is 0.1000. The van der Waals surface area contributed by atoms with E-state index in [0.29, 0.717) is 5.56 Å². The highest BCUT2D eigenvalue weighted by Crippen LogP contribution is 2.28. The second-order valence-corrected chi connectivity index (χ2v) is 5.68. The van der Waals surface area contributed by atoms with E-state index in [4.69, 9.17) is 5.73 Å². The highest BCUT2D eigenvalue weighted by atomic mass is 16.1. The highest BCUT2D eigenvalue weighted by Gasteiger charge is 2.33. The van der Waals surface area contributed by atoms with E-state index in [1.54, 1.807) is 18.3 Å². The van der Waals surface area contributed by atoms with E-state index in [1.165, 1.54) is 6.42 Å². The van der Waals surface area contributed by atoms with Gasteiger partial charge in [-0.15, -0.1) is 0 Å². The number of pyridine rings is 1. The maximum absolute atomic E-state index is 11.2. The van der Waals surface area contributed by atoms with Crippen molar-refractivity contribution in [1.82, 2.24) is 9.88 Å². The van der Waals surface area contributed by atoms with Gasteiger partial charge in [-0.3, -0.25) is 4.79 Å². The van der Waals surface area contributed by atoms with E-state index >= 15 is 0 Å². The van der Waals surface area contributed by atoms with Crippen LogP contribution in [0.15, 0.2) is 18.3 Å². The minimum Gasteiger partial charge on any atom is -0.366 e. The molecule has 2 N–H and O–H groups in total. The molecule has 2 heterocycles. The molecule has 0 radical (unpaired) electrons. The fourth-order valence-electron chi connectivity index (χ4n) is 2.53. The molecule has 1 amide bonds. The maximum atomic E-state index is 11.2. The lowest BCUT2D eigenvalue weighted by Crippen LogP contribution is -2.54. The molecule has 1 aromatic heterocycles. The molecule has 5 nitrogen and oxygen atoms in total. The number of rotatable bonds is 3. The number of carbonyl (C=O) groups excluding carboxylic acids is 1. The summed E-state index contributed by atoms with van der Waals surface area (Å²) in [5, 5.41) is 0. The predicted octanol–water partition coefficient (Wildman–Crippen LogP) is 1.10. The Morgan fingerprint density at radius 1 is 1.53 bits per heavy atom. The van der Waals surface area contributed by atoms with Gasteiger partial charge in [-0.25, -0.2) is 4.98 Å². The lowest BCUT2D eigenvalue weighted by atomic mass is 9.90. The fourth-order valence-corrected chi connectivity index (χ4v) is 2.53. The monoisotopic (exact) mass is 262 g/mol. The van der Waals surface area contributed by atoms with Crippen molar-refractivity contribution >= 4 is 11.7 Å². The van der Waals surface area contributed by atoms with Crippen LogP contribution >= 0.6 is 0 Å². The quantitative estimate of drug-likeness (QED) is 0.886. The van der Waals surface area contributed by atoms with Gasteiger partial charge in [-0.05, 0) is 46.0 Å². The Kier molecular flexibility index (Phi) is 3.75. The molecule has 2 rings (SSSR count). The molecule has 1 atom stereocenters. The second-order valence-electron chi connectivity index (χ2n) is 5.68. The number of nitrogens with two attached hydrogens (primary N) is 1. The standard InChI is InChI=1S/C14H22N4O/c1-14(17(2)3)6-4-8-18(10-14)12-9-11(13(15)19)5-7-16-12/h5,7,9H,4,6,8,10H2,1-3H3,(H2,15,19). The van der Waals surface area contributed by atoms with Crippen LogP contribution in [-0.2, 0) is 0 Å². The molecule has 1 fully saturated rings. The summed E-state index contributed by atoms with van der Waals surface area (Å²) in [5.41, 5.74) is 5.98. The molecule has 1 aromatic rings. The van der Waals surface area contributed by atoms with Crippen LogP contribution in [0, 0.1) is 0 Å². The summed E-state index contributed by atoms with van der Waals surface area (Å²) in [4.78, 5) is 20.1. The van der Waals surface area contributed by atoms with Gasteiger partial charge in [0.05, 0.1) is 0 Å². The number of primary amides is 1. The van der Waals surface area contributed by atoms with Crippen LogP contribution in [0.1, 0.15) is 30.1 Å². The summed E-state index contributed by atoms with van der Waals surface area (Å²) >= 11 is 0. The van der Waals surface area contributed by atoms with Gasteiger partial charge in [-0.1, -0.05) is 0 Å². The molecule has 1 aliphatic heterocycles. The molecule has 104 valence electrons. The number of aromatic nitrogens is 1. The smallest absolute Gasteiger partial charge is 0.248 e. The van der Waals surface area contributed by atoms with Gasteiger partial charge in [0, 0.05) is 30.4 Å². The second kappa shape index (κ2) is 5.17. The van der Waals surface area contributed by atoms with E-state index in [-0.39, 0.29) is 5.54 Å². The molecule has 0 bridgehead atoms. The zero-order chi connectivity index (χ0) is 14.0. The number of likely N-dealkylation sites (N-methyl/N-ethyl adjacent to an activating group) is 1. The third kappa shape index (κ3) is 2.87. The van der Waals surface area contributed by atoms with Gasteiger partial charge >= 0.3 is 0 Å². The average molecular weight is 262 g/mol. The zero-order valence-corrected chi connectivity index (χ0v) is 11.9. The molecular weight excluding hydrogens is 240 g/mol. The third-order valence-corrected chi connectivity index (χ3v) is 4.11. The molecule has 0 aromatic carbocycles. The van der Waals surface area contributed by atoms with Crippen molar-refractivity contribution < 1.29 is 4.79 Å². The number of carbonyl (C=O) groups is 1. The van der Waals surface area contributed by atoms with Crippen molar-refractivity contribution in [2.75, 3.05) is 32.1 Å². The Morgan fingerprint density at radius 3 is 2.89 bits per heavy atom. The first-order valence-corrected chi connectivity index (χ1v) is 6.61. The number of hydrogen-bond donors (Lipinski definition) is 1. The summed E-state index contributed by atoms with van der Waals surface area (Å²) in [6.45, 7) is 4.14. The largest absolute Gasteiger partial charge is 0.366 e. The lowest BCUT2D eigenvalue weighted by Gasteiger charge is -2.45. The molecular formula is C14H22N4O. The molecule has 0 spiro atoms. The first-order chi connectivity index (χ1) is 8.92. The fraction of sp³-hybridized carbons (Fsp3) is 0.571. The van der Waals surface area contributed by atoms with Crippen molar-refractivity contribution in [1.29, 1.82) is 0 Å². The average Bonchev–Trinajstić information content (AvgIpc) is 2.39. The van der Waals surface area contributed by atoms with Crippen LogP contribution in [0.25, 0.3) is 0 Å². The van der Waals surface area contributed by atoms with Gasteiger partial charge in [0.25, 0.3) is 0 Å². The molecule has 0 saturated carbocycles. The van der Waals surface area contributed by atoms with Crippen molar-refractivity contribution in [3.63, 3.8) is 0 Å². The van der Waals surface area contributed by atoms with Gasteiger partial charge in [-0.2, -0.15) is 0 Å². The molecule has 1 unspecified atom stereocenters. The SMILES string of the molecule is CN(C)C1(C)CCCN(c2cc(C(N)=O)ccn2)C1. The summed E-state index contributed by atoms with van der Waals surface area (Å²) < 4.78 is 0. The van der Waals surface area contributed by atoms with E-state index in [1.807, 2.05) is 0 Å². The van der Waals surface area contributed by atoms with Crippen LogP contribution in [-0.4, -0.2) is 48.5 Å². The summed E-state index contributed by atoms with van der Waals surface area (Å²) in [5.74, 6) is 0.431. The highest BCUT2D eigenvalue weighted by molar-refractivity contribution is 5.93. The molecule has 1 aliphatic rings. The Balaban J connectivity index is 2.22. The van der Waals surface area contributed by atoms with Crippen LogP contribution in [0.3, 0.4) is 0 Å². The topological polar surface area (TPSA) is 62.5 Å². The Hall–Kier alpha value is -1.62. The molecule has 0 aliphatic carbocycles. The summed E-state index contributed by atoms with van der Waals surface area (Å²) in [6, 6.07) is 3.44. The number of hydrogen-bond acceptors (Lipinski definition) is 4. The molecule has 5 heteroatoms. The predicted molar refractivity (Wildman–Crippen MR) is 76.3 cm³/mol. The first-order valence-electron chi connectivity index (χ1n) is 6.61. The van der Waals surface area contributed by atoms with Crippen molar-refractivity contribution in [3.8, 4) is 0 Å². The van der Waals surface area contributed by atoms with E-state index < -0.39 is 5.91 Å². The van der Waals surface area contributed by atoms with Crippen molar-refractivity contribution in [2.45, 2.75) is 25.3 Å². The van der Waals surface area contributed by atoms with E-state index in [9.17, 15) is 4.79 Å². The minimum atomic E-state index is -0.406. The van der Waals surface area contributed by atoms with Crippen LogP contribution in [0.2, 0.25) is 0 Å². The summed E-state index contributed by atoms with van der Waals surface area (Å²) in [7, 11) is 4.22. The van der Waals surface area contributed by atoms with Gasteiger partial charge < -0.3 is 15.5 Å². The third-order valence-electron chi connectivity index (χ3n) is 4.11. The first kappa shape index (κ1) is 13.8. The van der Waals surface area contributed by atoms with Crippen LogP contribution < -0.4 is 10.6 Å². The minimum absolute atomic E-state index is 0.142. The van der Waals surface area contributed by atoms with E-state index in [0.717, 1.165) is 25.3 Å². The number of anilines is 1. The number of piperidine rings is 1. The van der Waals surface area contributed by atoms with Crippen LogP contribution in [0.4, 0.5) is 5.82 Å². The van der Waals surface area contributed by atoms with Gasteiger partial charge in [0.15, 0.2) is 0 Å².